The summed E-state index contributed by atoms with van der Waals surface area (Å²) < 4.78 is 12.5. The number of hydrogen-bond donors (Lipinski definition) is 1. The first-order valence-corrected chi connectivity index (χ1v) is 8.41. The summed E-state index contributed by atoms with van der Waals surface area (Å²) in [6.45, 7) is 4.60. The molecule has 0 saturated carbocycles. The van der Waals surface area contributed by atoms with Crippen molar-refractivity contribution in [3.05, 3.63) is 71.0 Å². The lowest BCUT2D eigenvalue weighted by Gasteiger charge is -2.08. The standard InChI is InChI=1S/C20H19N3O3/c1-13-19(14(2)23(22-13)11-15-6-4-3-5-7-15)20(24)21-16-8-9-17-18(10-16)26-12-25-17/h3-10H,11-12H2,1-2H3,(H,21,24). The first kappa shape index (κ1) is 16.2. The number of fused-ring (bicyclic) bond motifs is 1. The molecular weight excluding hydrogens is 330 g/mol. The third kappa shape index (κ3) is 3.01. The summed E-state index contributed by atoms with van der Waals surface area (Å²) in [5.74, 6) is 1.14. The van der Waals surface area contributed by atoms with E-state index in [1.165, 1.54) is 0 Å². The van der Waals surface area contributed by atoms with E-state index in [1.54, 1.807) is 18.2 Å². The molecule has 1 aromatic heterocycles. The van der Waals surface area contributed by atoms with Crippen LogP contribution in [0.15, 0.2) is 48.5 Å². The molecule has 1 amide bonds. The van der Waals surface area contributed by atoms with Crippen LogP contribution in [0.2, 0.25) is 0 Å². The Labute approximate surface area is 151 Å². The Morgan fingerprint density at radius 2 is 1.88 bits per heavy atom. The molecule has 1 aliphatic heterocycles. The van der Waals surface area contributed by atoms with Crippen molar-refractivity contribution in [1.29, 1.82) is 0 Å². The van der Waals surface area contributed by atoms with Crippen LogP contribution in [0, 0.1) is 13.8 Å². The van der Waals surface area contributed by atoms with Gasteiger partial charge in [-0.05, 0) is 31.5 Å². The van der Waals surface area contributed by atoms with E-state index in [1.807, 2.05) is 48.9 Å². The molecule has 2 aromatic carbocycles. The minimum absolute atomic E-state index is 0.182. The Morgan fingerprint density at radius 1 is 1.12 bits per heavy atom. The fraction of sp³-hybridized carbons (Fsp3) is 0.200. The van der Waals surface area contributed by atoms with E-state index < -0.39 is 0 Å². The molecule has 132 valence electrons. The Bertz CT molecular complexity index is 964. The van der Waals surface area contributed by atoms with Gasteiger partial charge in [-0.3, -0.25) is 9.48 Å². The molecule has 0 aliphatic carbocycles. The van der Waals surface area contributed by atoms with Gasteiger partial charge in [0.05, 0.1) is 17.8 Å². The summed E-state index contributed by atoms with van der Waals surface area (Å²) >= 11 is 0. The Hall–Kier alpha value is -3.28. The molecule has 1 N–H and O–H groups in total. The number of carbonyl (C=O) groups is 1. The summed E-state index contributed by atoms with van der Waals surface area (Å²) in [4.78, 5) is 12.8. The minimum Gasteiger partial charge on any atom is -0.454 e. The minimum atomic E-state index is -0.182. The summed E-state index contributed by atoms with van der Waals surface area (Å²) in [7, 11) is 0. The lowest BCUT2D eigenvalue weighted by atomic mass is 10.1. The lowest BCUT2D eigenvalue weighted by molar-refractivity contribution is 0.102. The van der Waals surface area contributed by atoms with E-state index >= 15 is 0 Å². The topological polar surface area (TPSA) is 65.4 Å². The molecule has 0 atom stereocenters. The summed E-state index contributed by atoms with van der Waals surface area (Å²) in [5, 5.41) is 7.46. The van der Waals surface area contributed by atoms with E-state index in [-0.39, 0.29) is 12.7 Å². The molecule has 6 heteroatoms. The quantitative estimate of drug-likeness (QED) is 0.782. The number of carbonyl (C=O) groups excluding carboxylic acids is 1. The zero-order valence-electron chi connectivity index (χ0n) is 14.7. The molecule has 6 nitrogen and oxygen atoms in total. The molecule has 0 radical (unpaired) electrons. The Morgan fingerprint density at radius 3 is 2.69 bits per heavy atom. The predicted molar refractivity (Wildman–Crippen MR) is 97.8 cm³/mol. The predicted octanol–water partition coefficient (Wildman–Crippen LogP) is 3.53. The van der Waals surface area contributed by atoms with Gasteiger partial charge in [-0.2, -0.15) is 5.10 Å². The van der Waals surface area contributed by atoms with Gasteiger partial charge >= 0.3 is 0 Å². The number of rotatable bonds is 4. The molecule has 4 rings (SSSR count). The van der Waals surface area contributed by atoms with Gasteiger partial charge < -0.3 is 14.8 Å². The Balaban J connectivity index is 1.56. The number of anilines is 1. The molecular formula is C20H19N3O3. The number of benzene rings is 2. The van der Waals surface area contributed by atoms with E-state index in [9.17, 15) is 4.79 Å². The van der Waals surface area contributed by atoms with Crippen molar-refractivity contribution in [2.75, 3.05) is 12.1 Å². The van der Waals surface area contributed by atoms with Crippen molar-refractivity contribution in [2.45, 2.75) is 20.4 Å². The summed E-state index contributed by atoms with van der Waals surface area (Å²) in [6, 6.07) is 15.4. The second-order valence-electron chi connectivity index (χ2n) is 6.21. The lowest BCUT2D eigenvalue weighted by Crippen LogP contribution is -2.14. The number of nitrogens with zero attached hydrogens (tertiary/aromatic N) is 2. The van der Waals surface area contributed by atoms with Crippen LogP contribution >= 0.6 is 0 Å². The van der Waals surface area contributed by atoms with Gasteiger partial charge in [0.15, 0.2) is 11.5 Å². The van der Waals surface area contributed by atoms with Crippen molar-refractivity contribution >= 4 is 11.6 Å². The summed E-state index contributed by atoms with van der Waals surface area (Å²) in [5.41, 5.74) is 3.94. The first-order chi connectivity index (χ1) is 12.6. The number of aryl methyl sites for hydroxylation is 1. The van der Waals surface area contributed by atoms with E-state index in [0.717, 1.165) is 11.3 Å². The van der Waals surface area contributed by atoms with E-state index in [4.69, 9.17) is 9.47 Å². The van der Waals surface area contributed by atoms with Crippen LogP contribution in [0.1, 0.15) is 27.3 Å². The molecule has 0 spiro atoms. The smallest absolute Gasteiger partial charge is 0.259 e. The highest BCUT2D eigenvalue weighted by Gasteiger charge is 2.20. The van der Waals surface area contributed by atoms with Gasteiger partial charge in [0.25, 0.3) is 5.91 Å². The third-order valence-electron chi connectivity index (χ3n) is 4.41. The average Bonchev–Trinajstić information content (AvgIpc) is 3.20. The van der Waals surface area contributed by atoms with Gasteiger partial charge in [-0.1, -0.05) is 30.3 Å². The second kappa shape index (κ2) is 6.55. The maximum absolute atomic E-state index is 12.8. The molecule has 2 heterocycles. The summed E-state index contributed by atoms with van der Waals surface area (Å²) in [6.07, 6.45) is 0. The second-order valence-corrected chi connectivity index (χ2v) is 6.21. The van der Waals surface area contributed by atoms with E-state index in [2.05, 4.69) is 10.4 Å². The van der Waals surface area contributed by atoms with Crippen LogP contribution in [0.4, 0.5) is 5.69 Å². The number of amides is 1. The van der Waals surface area contributed by atoms with Crippen molar-refractivity contribution in [3.63, 3.8) is 0 Å². The largest absolute Gasteiger partial charge is 0.454 e. The molecule has 0 unspecified atom stereocenters. The van der Waals surface area contributed by atoms with Gasteiger partial charge in [0.2, 0.25) is 6.79 Å². The third-order valence-corrected chi connectivity index (χ3v) is 4.41. The zero-order chi connectivity index (χ0) is 18.1. The highest BCUT2D eigenvalue weighted by atomic mass is 16.7. The maximum Gasteiger partial charge on any atom is 0.259 e. The maximum atomic E-state index is 12.8. The fourth-order valence-corrected chi connectivity index (χ4v) is 3.10. The van der Waals surface area contributed by atoms with Crippen molar-refractivity contribution < 1.29 is 14.3 Å². The number of ether oxygens (including phenoxy) is 2. The van der Waals surface area contributed by atoms with Crippen LogP contribution in [-0.4, -0.2) is 22.5 Å². The fourth-order valence-electron chi connectivity index (χ4n) is 3.10. The number of hydrogen-bond acceptors (Lipinski definition) is 4. The van der Waals surface area contributed by atoms with Crippen molar-refractivity contribution in [1.82, 2.24) is 9.78 Å². The first-order valence-electron chi connectivity index (χ1n) is 8.41. The SMILES string of the molecule is Cc1nn(Cc2ccccc2)c(C)c1C(=O)Nc1ccc2c(c1)OCO2. The van der Waals surface area contributed by atoms with Crippen LogP contribution in [0.5, 0.6) is 11.5 Å². The van der Waals surface area contributed by atoms with E-state index in [0.29, 0.717) is 35.0 Å². The number of aromatic nitrogens is 2. The molecule has 26 heavy (non-hydrogen) atoms. The zero-order valence-corrected chi connectivity index (χ0v) is 14.7. The highest BCUT2D eigenvalue weighted by molar-refractivity contribution is 6.06. The highest BCUT2D eigenvalue weighted by Crippen LogP contribution is 2.34. The van der Waals surface area contributed by atoms with Gasteiger partial charge in [-0.15, -0.1) is 0 Å². The van der Waals surface area contributed by atoms with Crippen LogP contribution < -0.4 is 14.8 Å². The van der Waals surface area contributed by atoms with Crippen molar-refractivity contribution in [3.8, 4) is 11.5 Å². The monoisotopic (exact) mass is 349 g/mol. The number of nitrogens with one attached hydrogen (secondary N) is 1. The normalized spacial score (nSPS) is 12.2. The van der Waals surface area contributed by atoms with Gasteiger partial charge in [0, 0.05) is 17.4 Å². The van der Waals surface area contributed by atoms with Crippen LogP contribution in [-0.2, 0) is 6.54 Å². The van der Waals surface area contributed by atoms with Crippen LogP contribution in [0.3, 0.4) is 0 Å². The Kier molecular flexibility index (Phi) is 4.08. The molecule has 0 fully saturated rings. The molecule has 1 aliphatic rings. The van der Waals surface area contributed by atoms with Crippen LogP contribution in [0.25, 0.3) is 0 Å². The van der Waals surface area contributed by atoms with Gasteiger partial charge in [0.1, 0.15) is 0 Å². The molecule has 0 saturated heterocycles. The molecule has 3 aromatic rings. The van der Waals surface area contributed by atoms with Crippen molar-refractivity contribution in [2.24, 2.45) is 0 Å². The van der Waals surface area contributed by atoms with Gasteiger partial charge in [-0.25, -0.2) is 0 Å². The molecule has 0 bridgehead atoms. The average molecular weight is 349 g/mol.